The monoisotopic (exact) mass is 906 g/mol. The first-order valence-electron chi connectivity index (χ1n) is 28.4. The van der Waals surface area contributed by atoms with E-state index in [9.17, 15) is 9.59 Å². The second kappa shape index (κ2) is 43.1. The third kappa shape index (κ3) is 33.3. The number of carbonyl (C=O) groups is 2. The van der Waals surface area contributed by atoms with Gasteiger partial charge in [-0.15, -0.1) is 0 Å². The molecule has 8 nitrogen and oxygen atoms in total. The van der Waals surface area contributed by atoms with Crippen molar-refractivity contribution in [3.05, 3.63) is 0 Å². The minimum atomic E-state index is -0.0153. The fourth-order valence-corrected chi connectivity index (χ4v) is 9.97. The molecule has 2 rings (SSSR count). The molecule has 2 aliphatic rings. The standard InChI is InChI=1S/C56H107NO7/c1-5-9-20-32-50(33-21-10-6-2)38-46-63-55(58)36-24-16-13-14-18-29-44-61-53-48-52(60-43-31-28-42-57-40-26-27-41-57)49-54(53)62-45-30-19-15-17-25-37-56(59)64-47-39-51(34-22-11-7-3)35-23-12-8-4/h50-54H,5-49H2,1-4H3. The van der Waals surface area contributed by atoms with Crippen molar-refractivity contribution < 1.29 is 33.3 Å². The van der Waals surface area contributed by atoms with E-state index in [4.69, 9.17) is 23.7 Å². The zero-order chi connectivity index (χ0) is 46.0. The van der Waals surface area contributed by atoms with Crippen molar-refractivity contribution in [3.63, 3.8) is 0 Å². The Hall–Kier alpha value is -1.22. The molecule has 1 saturated heterocycles. The maximum atomic E-state index is 12.4. The molecule has 0 bridgehead atoms. The van der Waals surface area contributed by atoms with Gasteiger partial charge in [0, 0.05) is 45.5 Å². The van der Waals surface area contributed by atoms with E-state index in [1.54, 1.807) is 0 Å². The average molecular weight is 906 g/mol. The maximum Gasteiger partial charge on any atom is 0.305 e. The Bertz CT molecular complexity index is 1020. The van der Waals surface area contributed by atoms with Gasteiger partial charge in [-0.25, -0.2) is 0 Å². The second-order valence-corrected chi connectivity index (χ2v) is 20.2. The highest BCUT2D eigenvalue weighted by Gasteiger charge is 2.36. The molecule has 0 N–H and O–H groups in total. The van der Waals surface area contributed by atoms with Gasteiger partial charge in [0.15, 0.2) is 0 Å². The molecule has 8 heteroatoms. The SMILES string of the molecule is CCCCCC(CCCCC)CCOC(=O)CCCCCCCCOC1CC(OCCCCN2CCCC2)CC1OCCCCCCCC(=O)OCCC(CCCCC)CCCCC. The highest BCUT2D eigenvalue weighted by Crippen LogP contribution is 2.29. The van der Waals surface area contributed by atoms with E-state index in [0.717, 1.165) is 116 Å². The van der Waals surface area contributed by atoms with Crippen LogP contribution in [-0.2, 0) is 33.3 Å². The molecular weight excluding hydrogens is 799 g/mol. The molecule has 1 heterocycles. The molecule has 0 aromatic heterocycles. The van der Waals surface area contributed by atoms with Crippen LogP contribution in [0.2, 0.25) is 0 Å². The van der Waals surface area contributed by atoms with Gasteiger partial charge in [0.1, 0.15) is 0 Å². The summed E-state index contributed by atoms with van der Waals surface area (Å²) in [6, 6.07) is 0. The summed E-state index contributed by atoms with van der Waals surface area (Å²) >= 11 is 0. The normalized spacial score (nSPS) is 17.9. The minimum absolute atomic E-state index is 0.00868. The van der Waals surface area contributed by atoms with Gasteiger partial charge in [-0.1, -0.05) is 175 Å². The van der Waals surface area contributed by atoms with E-state index in [0.29, 0.717) is 37.9 Å². The van der Waals surface area contributed by atoms with Gasteiger partial charge >= 0.3 is 11.9 Å². The molecule has 0 amide bonds. The molecule has 378 valence electrons. The van der Waals surface area contributed by atoms with Crippen LogP contribution in [0, 0.1) is 11.8 Å². The van der Waals surface area contributed by atoms with E-state index in [1.807, 2.05) is 0 Å². The van der Waals surface area contributed by atoms with Gasteiger partial charge < -0.3 is 28.6 Å². The maximum absolute atomic E-state index is 12.4. The van der Waals surface area contributed by atoms with Crippen LogP contribution in [-0.4, -0.2) is 87.8 Å². The number of hydrogen-bond acceptors (Lipinski definition) is 8. The minimum Gasteiger partial charge on any atom is -0.466 e. The Morgan fingerprint density at radius 3 is 1.22 bits per heavy atom. The lowest BCUT2D eigenvalue weighted by atomic mass is 9.92. The molecule has 0 aromatic carbocycles. The van der Waals surface area contributed by atoms with E-state index < -0.39 is 0 Å². The topological polar surface area (TPSA) is 83.5 Å². The van der Waals surface area contributed by atoms with Gasteiger partial charge in [0.05, 0.1) is 31.5 Å². The van der Waals surface area contributed by atoms with Crippen molar-refractivity contribution >= 4 is 11.9 Å². The Balaban J connectivity index is 1.58. The highest BCUT2D eigenvalue weighted by molar-refractivity contribution is 5.69. The molecule has 0 aromatic rings. The Morgan fingerprint density at radius 2 is 0.797 bits per heavy atom. The number of likely N-dealkylation sites (tertiary alicyclic amines) is 1. The summed E-state index contributed by atoms with van der Waals surface area (Å²) in [5.74, 6) is 1.39. The Morgan fingerprint density at radius 1 is 0.422 bits per heavy atom. The van der Waals surface area contributed by atoms with E-state index in [-0.39, 0.29) is 30.3 Å². The van der Waals surface area contributed by atoms with Crippen LogP contribution in [0.15, 0.2) is 0 Å². The van der Waals surface area contributed by atoms with Crippen molar-refractivity contribution in [2.75, 3.05) is 52.7 Å². The number of hydrogen-bond donors (Lipinski definition) is 0. The third-order valence-electron chi connectivity index (χ3n) is 14.2. The number of nitrogens with zero attached hydrogens (tertiary/aromatic N) is 1. The number of rotatable bonds is 47. The zero-order valence-electron chi connectivity index (χ0n) is 43.0. The van der Waals surface area contributed by atoms with Crippen LogP contribution in [0.1, 0.15) is 265 Å². The van der Waals surface area contributed by atoms with Gasteiger partial charge in [-0.05, 0) is 95.7 Å². The van der Waals surface area contributed by atoms with E-state index >= 15 is 0 Å². The average Bonchev–Trinajstić information content (AvgIpc) is 3.96. The third-order valence-corrected chi connectivity index (χ3v) is 14.2. The van der Waals surface area contributed by atoms with Gasteiger partial charge in [-0.2, -0.15) is 0 Å². The molecule has 2 fully saturated rings. The van der Waals surface area contributed by atoms with Crippen molar-refractivity contribution in [1.29, 1.82) is 0 Å². The Labute approximate surface area is 396 Å². The molecule has 3 unspecified atom stereocenters. The number of esters is 2. The number of ether oxygens (including phenoxy) is 5. The predicted octanol–water partition coefficient (Wildman–Crippen LogP) is 15.3. The molecule has 0 radical (unpaired) electrons. The van der Waals surface area contributed by atoms with Crippen molar-refractivity contribution in [1.82, 2.24) is 4.90 Å². The summed E-state index contributed by atoms with van der Waals surface area (Å²) in [6.45, 7) is 16.4. The molecule has 1 aliphatic heterocycles. The summed E-state index contributed by atoms with van der Waals surface area (Å²) in [4.78, 5) is 27.4. The van der Waals surface area contributed by atoms with Crippen LogP contribution in [0.5, 0.6) is 0 Å². The molecule has 1 saturated carbocycles. The van der Waals surface area contributed by atoms with Gasteiger partial charge in [0.2, 0.25) is 0 Å². The fraction of sp³-hybridized carbons (Fsp3) is 0.964. The van der Waals surface area contributed by atoms with Gasteiger partial charge in [0.25, 0.3) is 0 Å². The fourth-order valence-electron chi connectivity index (χ4n) is 9.97. The van der Waals surface area contributed by atoms with Gasteiger partial charge in [-0.3, -0.25) is 9.59 Å². The lowest BCUT2D eigenvalue weighted by Gasteiger charge is -2.20. The van der Waals surface area contributed by atoms with Crippen molar-refractivity contribution in [2.24, 2.45) is 11.8 Å². The number of carbonyl (C=O) groups excluding carboxylic acids is 2. The van der Waals surface area contributed by atoms with Crippen LogP contribution in [0.4, 0.5) is 0 Å². The molecule has 3 atom stereocenters. The largest absolute Gasteiger partial charge is 0.466 e. The second-order valence-electron chi connectivity index (χ2n) is 20.2. The van der Waals surface area contributed by atoms with E-state index in [2.05, 4.69) is 32.6 Å². The first-order valence-corrected chi connectivity index (χ1v) is 28.4. The molecular formula is C56H107NO7. The zero-order valence-corrected chi connectivity index (χ0v) is 43.0. The number of unbranched alkanes of at least 4 members (excludes halogenated alkanes) is 18. The summed E-state index contributed by atoms with van der Waals surface area (Å²) in [7, 11) is 0. The summed E-state index contributed by atoms with van der Waals surface area (Å²) in [5.41, 5.74) is 0. The lowest BCUT2D eigenvalue weighted by Crippen LogP contribution is -2.27. The van der Waals surface area contributed by atoms with E-state index in [1.165, 1.54) is 148 Å². The first kappa shape index (κ1) is 58.9. The lowest BCUT2D eigenvalue weighted by molar-refractivity contribution is -0.145. The van der Waals surface area contributed by atoms with Crippen LogP contribution < -0.4 is 0 Å². The predicted molar refractivity (Wildman–Crippen MR) is 268 cm³/mol. The van der Waals surface area contributed by atoms with Crippen LogP contribution in [0.3, 0.4) is 0 Å². The summed E-state index contributed by atoms with van der Waals surface area (Å²) in [6.07, 6.45) is 43.0. The van der Waals surface area contributed by atoms with Crippen LogP contribution in [0.25, 0.3) is 0 Å². The van der Waals surface area contributed by atoms with Crippen molar-refractivity contribution in [2.45, 2.75) is 284 Å². The van der Waals surface area contributed by atoms with Crippen molar-refractivity contribution in [3.8, 4) is 0 Å². The van der Waals surface area contributed by atoms with Crippen LogP contribution >= 0.6 is 0 Å². The quantitative estimate of drug-likeness (QED) is 0.0441. The smallest absolute Gasteiger partial charge is 0.305 e. The molecule has 64 heavy (non-hydrogen) atoms. The first-order chi connectivity index (χ1) is 31.5. The summed E-state index contributed by atoms with van der Waals surface area (Å²) < 4.78 is 30.8. The summed E-state index contributed by atoms with van der Waals surface area (Å²) in [5, 5.41) is 0. The Kier molecular flexibility index (Phi) is 39.7. The molecule has 1 aliphatic carbocycles. The highest BCUT2D eigenvalue weighted by atomic mass is 16.6. The molecule has 0 spiro atoms.